The van der Waals surface area contributed by atoms with Crippen LogP contribution < -0.4 is 25.6 Å². The lowest BCUT2D eigenvalue weighted by molar-refractivity contribution is -0.242. The summed E-state index contributed by atoms with van der Waals surface area (Å²) in [6.45, 7) is -0.612. The number of thiocarbonyl (C=S) groups is 1. The normalized spacial score (nSPS) is 23.0. The van der Waals surface area contributed by atoms with Gasteiger partial charge in [0.05, 0.1) is 12.2 Å². The molecule has 3 aliphatic heterocycles. The number of aromatic hydroxyl groups is 2. The second kappa shape index (κ2) is 12.5. The summed E-state index contributed by atoms with van der Waals surface area (Å²) in [5.74, 6) is -0.0777. The SMILES string of the molecule is O=C1OC2(c3ccc(O)cc3Oc3cc(O)ccc32)c2ccc(NC(=S)NC3C(Oc4ccc(B(O)O)cc4)OC(CO)C(O)C3O)cc21. The molecule has 5 unspecified atom stereocenters. The first-order valence-corrected chi connectivity index (χ1v) is 15.4. The lowest BCUT2D eigenvalue weighted by atomic mass is 9.77. The van der Waals surface area contributed by atoms with Crippen LogP contribution in [-0.4, -0.2) is 91.0 Å². The van der Waals surface area contributed by atoms with E-state index in [1.165, 1.54) is 54.6 Å². The molecular formula is C33H29BN2O12S. The summed E-state index contributed by atoms with van der Waals surface area (Å²) >= 11 is 5.52. The number of aliphatic hydroxyl groups is 3. The molecule has 0 bridgehead atoms. The summed E-state index contributed by atoms with van der Waals surface area (Å²) in [7, 11) is -1.69. The quantitative estimate of drug-likeness (QED) is 0.0766. The van der Waals surface area contributed by atoms with Gasteiger partial charge in [0.1, 0.15) is 53.1 Å². The van der Waals surface area contributed by atoms with Crippen LogP contribution in [0.5, 0.6) is 28.7 Å². The van der Waals surface area contributed by atoms with Crippen molar-refractivity contribution in [3.8, 4) is 28.7 Å². The predicted molar refractivity (Wildman–Crippen MR) is 176 cm³/mol. The van der Waals surface area contributed by atoms with Gasteiger partial charge in [-0.15, -0.1) is 0 Å². The molecule has 14 nitrogen and oxygen atoms in total. The van der Waals surface area contributed by atoms with E-state index in [1.807, 2.05) is 0 Å². The van der Waals surface area contributed by atoms with Crippen molar-refractivity contribution >= 4 is 41.6 Å². The minimum atomic E-state index is -1.69. The van der Waals surface area contributed by atoms with E-state index in [2.05, 4.69) is 10.6 Å². The van der Waals surface area contributed by atoms with Gasteiger partial charge in [0.15, 0.2) is 10.7 Å². The van der Waals surface area contributed by atoms with Gasteiger partial charge in [0, 0.05) is 34.5 Å². The highest BCUT2D eigenvalue weighted by Crippen LogP contribution is 2.57. The first-order chi connectivity index (χ1) is 23.5. The van der Waals surface area contributed by atoms with Gasteiger partial charge < -0.3 is 65.2 Å². The fourth-order valence-electron chi connectivity index (χ4n) is 6.29. The van der Waals surface area contributed by atoms with Crippen molar-refractivity contribution in [3.63, 3.8) is 0 Å². The van der Waals surface area contributed by atoms with Crippen molar-refractivity contribution in [1.29, 1.82) is 0 Å². The molecule has 9 N–H and O–H groups in total. The van der Waals surface area contributed by atoms with Crippen molar-refractivity contribution in [2.75, 3.05) is 11.9 Å². The third-order valence-corrected chi connectivity index (χ3v) is 8.86. The number of anilines is 1. The van der Waals surface area contributed by atoms with Crippen LogP contribution in [0.4, 0.5) is 5.69 Å². The minimum Gasteiger partial charge on any atom is -0.508 e. The Balaban J connectivity index is 1.16. The molecule has 0 amide bonds. The predicted octanol–water partition coefficient (Wildman–Crippen LogP) is 0.519. The average molecular weight is 688 g/mol. The molecule has 0 radical (unpaired) electrons. The number of rotatable bonds is 6. The lowest BCUT2D eigenvalue weighted by Crippen LogP contribution is -2.65. The summed E-state index contributed by atoms with van der Waals surface area (Å²) < 4.78 is 23.7. The summed E-state index contributed by atoms with van der Waals surface area (Å²) in [6.07, 6.45) is -5.47. The molecule has 1 fully saturated rings. The molecule has 7 rings (SSSR count). The van der Waals surface area contributed by atoms with E-state index in [4.69, 9.17) is 31.2 Å². The van der Waals surface area contributed by atoms with Gasteiger partial charge >= 0.3 is 13.1 Å². The van der Waals surface area contributed by atoms with Crippen molar-refractivity contribution in [1.82, 2.24) is 5.32 Å². The second-order valence-corrected chi connectivity index (χ2v) is 12.1. The Bertz CT molecular complexity index is 1890. The fraction of sp³-hybridized carbons (Fsp3) is 0.212. The maximum Gasteiger partial charge on any atom is 0.488 e. The maximum atomic E-state index is 13.5. The molecule has 1 spiro atoms. The molecular weight excluding hydrogens is 659 g/mol. The van der Waals surface area contributed by atoms with Crippen molar-refractivity contribution in [2.24, 2.45) is 0 Å². The van der Waals surface area contributed by atoms with Crippen LogP contribution in [0.25, 0.3) is 0 Å². The van der Waals surface area contributed by atoms with E-state index in [0.29, 0.717) is 22.4 Å². The molecule has 3 heterocycles. The van der Waals surface area contributed by atoms with Crippen LogP contribution in [0.2, 0.25) is 0 Å². The van der Waals surface area contributed by atoms with Gasteiger partial charge in [-0.1, -0.05) is 18.2 Å². The van der Waals surface area contributed by atoms with Crippen LogP contribution in [0.3, 0.4) is 0 Å². The fourth-order valence-corrected chi connectivity index (χ4v) is 6.54. The molecule has 49 heavy (non-hydrogen) atoms. The molecule has 0 aliphatic carbocycles. The van der Waals surface area contributed by atoms with Crippen LogP contribution in [0.1, 0.15) is 27.0 Å². The zero-order chi connectivity index (χ0) is 34.6. The Labute approximate surface area is 283 Å². The second-order valence-electron chi connectivity index (χ2n) is 11.7. The van der Waals surface area contributed by atoms with Crippen LogP contribution in [0.15, 0.2) is 78.9 Å². The van der Waals surface area contributed by atoms with E-state index >= 15 is 0 Å². The zero-order valence-electron chi connectivity index (χ0n) is 25.3. The number of carbonyl (C=O) groups is 1. The topological polar surface area (TPSA) is 220 Å². The Morgan fingerprint density at radius 3 is 2.12 bits per heavy atom. The molecule has 4 aromatic rings. The van der Waals surface area contributed by atoms with Gasteiger partial charge in [0.2, 0.25) is 6.29 Å². The Morgan fingerprint density at radius 1 is 0.878 bits per heavy atom. The number of ether oxygens (including phenoxy) is 4. The highest BCUT2D eigenvalue weighted by atomic mass is 32.1. The number of esters is 1. The third kappa shape index (κ3) is 5.68. The summed E-state index contributed by atoms with van der Waals surface area (Å²) in [5, 5.41) is 76.1. The average Bonchev–Trinajstić information content (AvgIpc) is 3.35. The first kappa shape index (κ1) is 32.6. The number of carbonyl (C=O) groups excluding carboxylic acids is 1. The van der Waals surface area contributed by atoms with Crippen molar-refractivity contribution in [2.45, 2.75) is 36.2 Å². The van der Waals surface area contributed by atoms with Crippen LogP contribution in [-0.2, 0) is 15.1 Å². The Hall–Kier alpha value is -4.94. The van der Waals surface area contributed by atoms with E-state index in [9.17, 15) is 40.4 Å². The van der Waals surface area contributed by atoms with Gasteiger partial charge in [-0.3, -0.25) is 0 Å². The molecule has 16 heteroatoms. The molecule has 0 saturated carbocycles. The highest BCUT2D eigenvalue weighted by molar-refractivity contribution is 7.80. The van der Waals surface area contributed by atoms with Gasteiger partial charge in [-0.25, -0.2) is 4.79 Å². The van der Waals surface area contributed by atoms with Crippen molar-refractivity contribution < 1.29 is 59.3 Å². The van der Waals surface area contributed by atoms with Gasteiger partial charge in [0.25, 0.3) is 0 Å². The summed E-state index contributed by atoms with van der Waals surface area (Å²) in [4.78, 5) is 13.5. The number of aliphatic hydroxyl groups excluding tert-OH is 3. The van der Waals surface area contributed by atoms with E-state index in [1.54, 1.807) is 24.3 Å². The monoisotopic (exact) mass is 688 g/mol. The largest absolute Gasteiger partial charge is 0.508 e. The summed E-state index contributed by atoms with van der Waals surface area (Å²) in [6, 6.07) is 18.3. The minimum absolute atomic E-state index is 0.0385. The van der Waals surface area contributed by atoms with Crippen LogP contribution in [0, 0.1) is 0 Å². The number of nitrogens with one attached hydrogen (secondary N) is 2. The number of hydrogen-bond acceptors (Lipinski definition) is 13. The highest BCUT2D eigenvalue weighted by Gasteiger charge is 2.54. The first-order valence-electron chi connectivity index (χ1n) is 15.0. The molecule has 5 atom stereocenters. The lowest BCUT2D eigenvalue weighted by Gasteiger charge is -2.42. The molecule has 3 aliphatic rings. The number of hydrogen-bond donors (Lipinski definition) is 9. The van der Waals surface area contributed by atoms with Gasteiger partial charge in [-0.2, -0.15) is 0 Å². The zero-order valence-corrected chi connectivity index (χ0v) is 26.1. The van der Waals surface area contributed by atoms with Crippen molar-refractivity contribution in [3.05, 3.63) is 101 Å². The number of benzene rings is 4. The standard InChI is InChI=1S/C33H29BN2O12S/c37-14-26-28(40)29(41)27(31(47-26)45-19-6-1-15(2-7-19)34(43)44)36-32(49)35-16-3-8-21-20(11-16)30(42)48-33(21)22-9-4-17(38)12-24(22)46-25-13-18(39)5-10-23(25)33/h1-13,26-29,31,37-41,43-44H,14H2,(H2,35,36,49). The number of fused-ring (bicyclic) bond motifs is 6. The molecule has 0 aromatic heterocycles. The number of phenolic OH excluding ortho intramolecular Hbond substituents is 2. The summed E-state index contributed by atoms with van der Waals surface area (Å²) in [5.41, 5.74) is 0.743. The van der Waals surface area contributed by atoms with Crippen LogP contribution >= 0.6 is 12.2 Å². The number of phenols is 2. The van der Waals surface area contributed by atoms with E-state index in [-0.39, 0.29) is 44.9 Å². The third-order valence-electron chi connectivity index (χ3n) is 8.64. The molecule has 4 aromatic carbocycles. The Morgan fingerprint density at radius 2 is 1.51 bits per heavy atom. The van der Waals surface area contributed by atoms with Gasteiger partial charge in [-0.05, 0) is 66.2 Å². The maximum absolute atomic E-state index is 13.5. The van der Waals surface area contributed by atoms with E-state index in [0.717, 1.165) is 0 Å². The van der Waals surface area contributed by atoms with E-state index < -0.39 is 55.9 Å². The molecule has 252 valence electrons. The Kier molecular flexibility index (Phi) is 8.32. The molecule has 1 saturated heterocycles. The smallest absolute Gasteiger partial charge is 0.488 e.